The van der Waals surface area contributed by atoms with Crippen LogP contribution in [-0.4, -0.2) is 60.3 Å². The smallest absolute Gasteiger partial charge is 0.237 e. The van der Waals surface area contributed by atoms with Crippen LogP contribution in [0.15, 0.2) is 0 Å². The van der Waals surface area contributed by atoms with E-state index in [1.54, 1.807) is 0 Å². The highest BCUT2D eigenvalue weighted by Gasteiger charge is 2.25. The number of likely N-dealkylation sites (tertiary alicyclic amines) is 1. The summed E-state index contributed by atoms with van der Waals surface area (Å²) in [7, 11) is 0. The molecule has 3 N–H and O–H groups in total. The molecular formula is C13H25N3O2. The van der Waals surface area contributed by atoms with E-state index in [1.807, 2.05) is 6.92 Å². The first-order chi connectivity index (χ1) is 8.65. The number of aliphatic hydroxyl groups excluding tert-OH is 1. The van der Waals surface area contributed by atoms with Crippen LogP contribution < -0.4 is 10.6 Å². The van der Waals surface area contributed by atoms with E-state index < -0.39 is 0 Å². The summed E-state index contributed by atoms with van der Waals surface area (Å²) in [5.41, 5.74) is 0. The molecule has 2 unspecified atom stereocenters. The number of hydrogen-bond donors (Lipinski definition) is 3. The number of nitrogens with one attached hydrogen (secondary N) is 2. The SMILES string of the molecule is CC(NCC(O)CN1CCCC1)C(=O)NC1CC1. The van der Waals surface area contributed by atoms with Crippen LogP contribution in [-0.2, 0) is 4.79 Å². The number of amides is 1. The number of β-amino-alcohol motifs (C(OH)–C–C–N with tert-alkyl or cyclic N) is 1. The highest BCUT2D eigenvalue weighted by atomic mass is 16.3. The summed E-state index contributed by atoms with van der Waals surface area (Å²) in [6.07, 6.45) is 4.30. The van der Waals surface area contributed by atoms with Crippen molar-refractivity contribution in [2.24, 2.45) is 0 Å². The second-order valence-electron chi connectivity index (χ2n) is 5.57. The Hall–Kier alpha value is -0.650. The van der Waals surface area contributed by atoms with Crippen LogP contribution in [0.25, 0.3) is 0 Å². The molecular weight excluding hydrogens is 230 g/mol. The molecule has 104 valence electrons. The Labute approximate surface area is 109 Å². The van der Waals surface area contributed by atoms with Crippen molar-refractivity contribution in [3.63, 3.8) is 0 Å². The van der Waals surface area contributed by atoms with Crippen LogP contribution in [0.2, 0.25) is 0 Å². The van der Waals surface area contributed by atoms with Crippen LogP contribution >= 0.6 is 0 Å². The van der Waals surface area contributed by atoms with Gasteiger partial charge in [-0.05, 0) is 45.7 Å². The summed E-state index contributed by atoms with van der Waals surface area (Å²) in [5, 5.41) is 16.0. The average molecular weight is 255 g/mol. The molecule has 1 amide bonds. The summed E-state index contributed by atoms with van der Waals surface area (Å²) in [6, 6.07) is 0.176. The van der Waals surface area contributed by atoms with Crippen LogP contribution in [0.4, 0.5) is 0 Å². The predicted molar refractivity (Wildman–Crippen MR) is 70.3 cm³/mol. The molecule has 18 heavy (non-hydrogen) atoms. The van der Waals surface area contributed by atoms with Gasteiger partial charge in [0.25, 0.3) is 0 Å². The van der Waals surface area contributed by atoms with Gasteiger partial charge < -0.3 is 20.6 Å². The molecule has 2 atom stereocenters. The van der Waals surface area contributed by atoms with Gasteiger partial charge in [0, 0.05) is 19.1 Å². The molecule has 2 rings (SSSR count). The number of nitrogens with zero attached hydrogens (tertiary/aromatic N) is 1. The van der Waals surface area contributed by atoms with Gasteiger partial charge in [-0.3, -0.25) is 4.79 Å². The molecule has 0 spiro atoms. The third kappa shape index (κ3) is 4.55. The molecule has 2 aliphatic rings. The number of rotatable bonds is 7. The van der Waals surface area contributed by atoms with Crippen molar-refractivity contribution in [2.45, 2.75) is 50.8 Å². The maximum absolute atomic E-state index is 11.7. The minimum Gasteiger partial charge on any atom is -0.390 e. The van der Waals surface area contributed by atoms with E-state index in [-0.39, 0.29) is 18.1 Å². The zero-order chi connectivity index (χ0) is 13.0. The van der Waals surface area contributed by atoms with Crippen molar-refractivity contribution in [3.8, 4) is 0 Å². The molecule has 2 fully saturated rings. The molecule has 0 aromatic carbocycles. The van der Waals surface area contributed by atoms with E-state index in [0.29, 0.717) is 19.1 Å². The number of carbonyl (C=O) groups excluding carboxylic acids is 1. The summed E-state index contributed by atoms with van der Waals surface area (Å²) < 4.78 is 0. The molecule has 1 aliphatic carbocycles. The molecule has 1 saturated carbocycles. The lowest BCUT2D eigenvalue weighted by Crippen LogP contribution is -2.47. The Morgan fingerprint density at radius 2 is 2.06 bits per heavy atom. The molecule has 0 aromatic rings. The quantitative estimate of drug-likeness (QED) is 0.584. The van der Waals surface area contributed by atoms with Crippen LogP contribution in [0, 0.1) is 0 Å². The van der Waals surface area contributed by atoms with Gasteiger partial charge in [0.15, 0.2) is 0 Å². The van der Waals surface area contributed by atoms with Gasteiger partial charge in [-0.25, -0.2) is 0 Å². The summed E-state index contributed by atoms with van der Waals surface area (Å²) >= 11 is 0. The highest BCUT2D eigenvalue weighted by molar-refractivity contribution is 5.81. The van der Waals surface area contributed by atoms with Crippen LogP contribution in [0.5, 0.6) is 0 Å². The normalized spacial score (nSPS) is 23.9. The lowest BCUT2D eigenvalue weighted by molar-refractivity contribution is -0.123. The Morgan fingerprint density at radius 3 is 2.67 bits per heavy atom. The predicted octanol–water partition coefficient (Wildman–Crippen LogP) is -0.300. The van der Waals surface area contributed by atoms with Crippen LogP contribution in [0.3, 0.4) is 0 Å². The Bertz CT molecular complexity index is 275. The van der Waals surface area contributed by atoms with Crippen molar-refractivity contribution in [1.29, 1.82) is 0 Å². The Balaban J connectivity index is 1.58. The number of carbonyl (C=O) groups is 1. The second-order valence-corrected chi connectivity index (χ2v) is 5.57. The van der Waals surface area contributed by atoms with E-state index in [4.69, 9.17) is 0 Å². The fourth-order valence-corrected chi connectivity index (χ4v) is 2.29. The minimum atomic E-state index is -0.390. The zero-order valence-electron chi connectivity index (χ0n) is 11.2. The first kappa shape index (κ1) is 13.8. The molecule has 0 bridgehead atoms. The molecule has 5 nitrogen and oxygen atoms in total. The third-order valence-corrected chi connectivity index (χ3v) is 3.64. The third-order valence-electron chi connectivity index (χ3n) is 3.64. The largest absolute Gasteiger partial charge is 0.390 e. The molecule has 0 radical (unpaired) electrons. The second kappa shape index (κ2) is 6.50. The monoisotopic (exact) mass is 255 g/mol. The van der Waals surface area contributed by atoms with Crippen molar-refractivity contribution in [1.82, 2.24) is 15.5 Å². The summed E-state index contributed by atoms with van der Waals surface area (Å²) in [5.74, 6) is 0.0471. The van der Waals surface area contributed by atoms with Gasteiger partial charge >= 0.3 is 0 Å². The van der Waals surface area contributed by atoms with Gasteiger partial charge in [0.1, 0.15) is 0 Å². The maximum atomic E-state index is 11.7. The first-order valence-electron chi connectivity index (χ1n) is 7.09. The number of hydrogen-bond acceptors (Lipinski definition) is 4. The summed E-state index contributed by atoms with van der Waals surface area (Å²) in [6.45, 7) is 5.23. The van der Waals surface area contributed by atoms with Gasteiger partial charge in [-0.1, -0.05) is 0 Å². The van der Waals surface area contributed by atoms with E-state index in [1.165, 1.54) is 12.8 Å². The van der Waals surface area contributed by atoms with Crippen molar-refractivity contribution in [2.75, 3.05) is 26.2 Å². The Morgan fingerprint density at radius 1 is 1.39 bits per heavy atom. The van der Waals surface area contributed by atoms with Gasteiger partial charge in [0.2, 0.25) is 5.91 Å². The van der Waals surface area contributed by atoms with Crippen molar-refractivity contribution >= 4 is 5.91 Å². The van der Waals surface area contributed by atoms with Gasteiger partial charge in [-0.2, -0.15) is 0 Å². The lowest BCUT2D eigenvalue weighted by Gasteiger charge is -2.21. The Kier molecular flexibility index (Phi) is 4.97. The molecule has 1 heterocycles. The van der Waals surface area contributed by atoms with E-state index in [9.17, 15) is 9.90 Å². The molecule has 5 heteroatoms. The first-order valence-corrected chi connectivity index (χ1v) is 7.09. The van der Waals surface area contributed by atoms with Crippen molar-refractivity contribution < 1.29 is 9.90 Å². The van der Waals surface area contributed by atoms with E-state index in [0.717, 1.165) is 25.9 Å². The van der Waals surface area contributed by atoms with E-state index in [2.05, 4.69) is 15.5 Å². The van der Waals surface area contributed by atoms with Gasteiger partial charge in [0.05, 0.1) is 12.1 Å². The number of aliphatic hydroxyl groups is 1. The van der Waals surface area contributed by atoms with Gasteiger partial charge in [-0.15, -0.1) is 0 Å². The molecule has 0 aromatic heterocycles. The average Bonchev–Trinajstić information content (AvgIpc) is 3.00. The highest BCUT2D eigenvalue weighted by Crippen LogP contribution is 2.18. The van der Waals surface area contributed by atoms with E-state index >= 15 is 0 Å². The maximum Gasteiger partial charge on any atom is 0.237 e. The molecule has 1 aliphatic heterocycles. The standard InChI is InChI=1S/C13H25N3O2/c1-10(13(18)15-11-4-5-11)14-8-12(17)9-16-6-2-3-7-16/h10-12,14,17H,2-9H2,1H3,(H,15,18). The summed E-state index contributed by atoms with van der Waals surface area (Å²) in [4.78, 5) is 14.0. The fourth-order valence-electron chi connectivity index (χ4n) is 2.29. The van der Waals surface area contributed by atoms with Crippen LogP contribution in [0.1, 0.15) is 32.6 Å². The minimum absolute atomic E-state index is 0.0471. The fraction of sp³-hybridized carbons (Fsp3) is 0.923. The molecule has 1 saturated heterocycles. The lowest BCUT2D eigenvalue weighted by atomic mass is 10.2. The topological polar surface area (TPSA) is 64.6 Å². The van der Waals surface area contributed by atoms with Crippen molar-refractivity contribution in [3.05, 3.63) is 0 Å². The zero-order valence-corrected chi connectivity index (χ0v) is 11.2.